The summed E-state index contributed by atoms with van der Waals surface area (Å²) in [7, 11) is 0. The predicted molar refractivity (Wildman–Crippen MR) is 55.1 cm³/mol. The van der Waals surface area contributed by atoms with Crippen molar-refractivity contribution in [1.29, 1.82) is 0 Å². The Morgan fingerprint density at radius 3 is 2.50 bits per heavy atom. The number of aliphatic carboxylic acids is 1. The molecule has 0 bridgehead atoms. The number of carboxylic acids is 1. The summed E-state index contributed by atoms with van der Waals surface area (Å²) in [5.41, 5.74) is 2.22. The summed E-state index contributed by atoms with van der Waals surface area (Å²) in [4.78, 5) is 15.0. The number of carboxylic acid groups (broad SMARTS) is 1. The SMILES string of the molecule is O=C(O)CCON[C@H]1C(O)O[C@H](CO)[C@@H](O)[C@@H]1O. The van der Waals surface area contributed by atoms with Gasteiger partial charge in [0.2, 0.25) is 0 Å². The van der Waals surface area contributed by atoms with Crippen LogP contribution in [0.5, 0.6) is 0 Å². The van der Waals surface area contributed by atoms with E-state index in [-0.39, 0.29) is 13.0 Å². The highest BCUT2D eigenvalue weighted by molar-refractivity contribution is 5.66. The maximum atomic E-state index is 10.2. The van der Waals surface area contributed by atoms with Crippen LogP contribution in [0.25, 0.3) is 0 Å². The molecule has 18 heavy (non-hydrogen) atoms. The molecule has 0 radical (unpaired) electrons. The molecule has 0 aliphatic carbocycles. The molecule has 0 aromatic carbocycles. The molecular formula is C9H17NO8. The second kappa shape index (κ2) is 6.95. The maximum Gasteiger partial charge on any atom is 0.305 e. The fourth-order valence-corrected chi connectivity index (χ4v) is 1.52. The van der Waals surface area contributed by atoms with E-state index in [9.17, 15) is 20.1 Å². The van der Waals surface area contributed by atoms with Gasteiger partial charge in [-0.25, -0.2) is 0 Å². The van der Waals surface area contributed by atoms with Gasteiger partial charge in [0.15, 0.2) is 6.29 Å². The van der Waals surface area contributed by atoms with E-state index in [0.717, 1.165) is 0 Å². The number of rotatable bonds is 6. The Morgan fingerprint density at radius 2 is 1.94 bits per heavy atom. The third-order valence-electron chi connectivity index (χ3n) is 2.54. The average Bonchev–Trinajstić information content (AvgIpc) is 2.32. The van der Waals surface area contributed by atoms with E-state index in [1.165, 1.54) is 0 Å². The molecule has 0 spiro atoms. The first-order valence-corrected chi connectivity index (χ1v) is 5.37. The van der Waals surface area contributed by atoms with Gasteiger partial charge in [-0.3, -0.25) is 4.79 Å². The molecule has 1 rings (SSSR count). The Hall–Kier alpha value is -0.810. The predicted octanol–water partition coefficient (Wildman–Crippen LogP) is -3.22. The Balaban J connectivity index is 2.42. The second-order valence-electron chi connectivity index (χ2n) is 3.86. The Bertz CT molecular complexity index is 275. The molecule has 1 fully saturated rings. The van der Waals surface area contributed by atoms with Crippen molar-refractivity contribution in [2.75, 3.05) is 13.2 Å². The lowest BCUT2D eigenvalue weighted by atomic mass is 9.98. The first-order valence-electron chi connectivity index (χ1n) is 5.37. The molecule has 1 aliphatic heterocycles. The van der Waals surface area contributed by atoms with Crippen molar-refractivity contribution in [3.05, 3.63) is 0 Å². The number of ether oxygens (including phenoxy) is 1. The fraction of sp³-hybridized carbons (Fsp3) is 0.889. The van der Waals surface area contributed by atoms with Gasteiger partial charge in [-0.15, -0.1) is 0 Å². The van der Waals surface area contributed by atoms with E-state index >= 15 is 0 Å². The van der Waals surface area contributed by atoms with Gasteiger partial charge in [0, 0.05) is 0 Å². The molecule has 1 aliphatic rings. The summed E-state index contributed by atoms with van der Waals surface area (Å²) < 4.78 is 4.85. The van der Waals surface area contributed by atoms with E-state index < -0.39 is 43.2 Å². The summed E-state index contributed by atoms with van der Waals surface area (Å²) in [5, 5.41) is 45.9. The summed E-state index contributed by atoms with van der Waals surface area (Å²) in [5.74, 6) is -1.06. The van der Waals surface area contributed by atoms with E-state index in [2.05, 4.69) is 5.48 Å². The van der Waals surface area contributed by atoms with Crippen LogP contribution in [0.4, 0.5) is 0 Å². The second-order valence-corrected chi connectivity index (χ2v) is 3.86. The molecule has 0 aromatic heterocycles. The minimum Gasteiger partial charge on any atom is -0.481 e. The number of aliphatic hydroxyl groups excluding tert-OH is 4. The Labute approximate surface area is 103 Å². The molecule has 0 saturated carbocycles. The quantitative estimate of drug-likeness (QED) is 0.216. The molecule has 0 aromatic rings. The van der Waals surface area contributed by atoms with Crippen LogP contribution in [0.1, 0.15) is 6.42 Å². The molecule has 5 atom stereocenters. The number of carbonyl (C=O) groups is 1. The normalized spacial score (nSPS) is 36.6. The van der Waals surface area contributed by atoms with Crippen LogP contribution < -0.4 is 5.48 Å². The zero-order valence-electron chi connectivity index (χ0n) is 9.47. The molecular weight excluding hydrogens is 250 g/mol. The third-order valence-corrected chi connectivity index (χ3v) is 2.54. The topological polar surface area (TPSA) is 149 Å². The van der Waals surface area contributed by atoms with Gasteiger partial charge in [-0.1, -0.05) is 0 Å². The van der Waals surface area contributed by atoms with E-state index in [1.807, 2.05) is 0 Å². The van der Waals surface area contributed by atoms with Crippen LogP contribution in [-0.4, -0.2) is 75.4 Å². The maximum absolute atomic E-state index is 10.2. The van der Waals surface area contributed by atoms with Gasteiger partial charge in [0.25, 0.3) is 0 Å². The van der Waals surface area contributed by atoms with Crippen LogP contribution in [0.15, 0.2) is 0 Å². The molecule has 9 heteroatoms. The van der Waals surface area contributed by atoms with Gasteiger partial charge >= 0.3 is 5.97 Å². The smallest absolute Gasteiger partial charge is 0.305 e. The third kappa shape index (κ3) is 3.85. The van der Waals surface area contributed by atoms with Gasteiger partial charge < -0.3 is 35.1 Å². The molecule has 106 valence electrons. The van der Waals surface area contributed by atoms with Crippen LogP contribution in [0.3, 0.4) is 0 Å². The number of aliphatic hydroxyl groups is 4. The first-order chi connectivity index (χ1) is 8.47. The monoisotopic (exact) mass is 267 g/mol. The Kier molecular flexibility index (Phi) is 5.88. The first kappa shape index (κ1) is 15.2. The summed E-state index contributed by atoms with van der Waals surface area (Å²) >= 11 is 0. The fourth-order valence-electron chi connectivity index (χ4n) is 1.52. The highest BCUT2D eigenvalue weighted by Gasteiger charge is 2.43. The van der Waals surface area contributed by atoms with E-state index in [1.54, 1.807) is 0 Å². The number of hydroxylamine groups is 1. The van der Waals surface area contributed by atoms with Crippen LogP contribution in [0.2, 0.25) is 0 Å². The minimum atomic E-state index is -1.50. The molecule has 1 heterocycles. The van der Waals surface area contributed by atoms with Crippen molar-refractivity contribution < 1.29 is 39.9 Å². The largest absolute Gasteiger partial charge is 0.481 e. The van der Waals surface area contributed by atoms with E-state index in [4.69, 9.17) is 19.8 Å². The van der Waals surface area contributed by atoms with Crippen LogP contribution in [0, 0.1) is 0 Å². The van der Waals surface area contributed by atoms with E-state index in [0.29, 0.717) is 0 Å². The number of hydrogen-bond acceptors (Lipinski definition) is 8. The molecule has 9 nitrogen and oxygen atoms in total. The number of hydrogen-bond donors (Lipinski definition) is 6. The lowest BCUT2D eigenvalue weighted by molar-refractivity contribution is -0.269. The molecule has 1 saturated heterocycles. The Morgan fingerprint density at radius 1 is 1.28 bits per heavy atom. The van der Waals surface area contributed by atoms with Crippen molar-refractivity contribution >= 4 is 5.97 Å². The van der Waals surface area contributed by atoms with Gasteiger partial charge in [-0.2, -0.15) is 5.48 Å². The standard InChI is InChI=1S/C9H17NO8/c11-3-4-7(14)8(15)6(9(16)18-4)10-17-2-1-5(12)13/h4,6-11,14-16H,1-3H2,(H,12,13)/t4-,6-,7-,8-,9?/m1/s1. The van der Waals surface area contributed by atoms with Crippen molar-refractivity contribution in [3.63, 3.8) is 0 Å². The summed E-state index contributed by atoms with van der Waals surface area (Å²) in [6.45, 7) is -0.729. The van der Waals surface area contributed by atoms with Crippen molar-refractivity contribution in [2.24, 2.45) is 0 Å². The van der Waals surface area contributed by atoms with Crippen molar-refractivity contribution in [3.8, 4) is 0 Å². The molecule has 1 unspecified atom stereocenters. The zero-order chi connectivity index (χ0) is 13.7. The van der Waals surface area contributed by atoms with Crippen molar-refractivity contribution in [2.45, 2.75) is 37.1 Å². The average molecular weight is 267 g/mol. The highest BCUT2D eigenvalue weighted by atomic mass is 16.7. The number of nitrogens with one attached hydrogen (secondary N) is 1. The van der Waals surface area contributed by atoms with Crippen molar-refractivity contribution in [1.82, 2.24) is 5.48 Å². The summed E-state index contributed by atoms with van der Waals surface area (Å²) in [6, 6.07) is -1.14. The van der Waals surface area contributed by atoms with Crippen LogP contribution >= 0.6 is 0 Å². The lowest BCUT2D eigenvalue weighted by Gasteiger charge is -2.39. The van der Waals surface area contributed by atoms with Crippen LogP contribution in [-0.2, 0) is 14.4 Å². The summed E-state index contributed by atoms with van der Waals surface area (Å²) in [6.07, 6.45) is -5.65. The minimum absolute atomic E-state index is 0.176. The molecule has 6 N–H and O–H groups in total. The highest BCUT2D eigenvalue weighted by Crippen LogP contribution is 2.19. The van der Waals surface area contributed by atoms with Gasteiger partial charge in [0.1, 0.15) is 24.4 Å². The molecule has 0 amide bonds. The van der Waals surface area contributed by atoms with Gasteiger partial charge in [0.05, 0.1) is 19.6 Å². The van der Waals surface area contributed by atoms with Gasteiger partial charge in [-0.05, 0) is 0 Å². The lowest BCUT2D eigenvalue weighted by Crippen LogP contribution is -2.63. The zero-order valence-corrected chi connectivity index (χ0v) is 9.47.